The first-order chi connectivity index (χ1) is 14.2. The Hall–Kier alpha value is -2.54. The van der Waals surface area contributed by atoms with E-state index in [0.29, 0.717) is 5.69 Å². The average Bonchev–Trinajstić information content (AvgIpc) is 3.21. The monoisotopic (exact) mass is 429 g/mol. The summed E-state index contributed by atoms with van der Waals surface area (Å²) in [6, 6.07) is 3.43. The van der Waals surface area contributed by atoms with Crippen molar-refractivity contribution in [2.45, 2.75) is 51.7 Å². The minimum atomic E-state index is -1.04. The van der Waals surface area contributed by atoms with Gasteiger partial charge in [-0.25, -0.2) is 4.79 Å². The van der Waals surface area contributed by atoms with Crippen molar-refractivity contribution in [2.75, 3.05) is 0 Å². The number of nitrogens with zero attached hydrogens (tertiary/aromatic N) is 1. The van der Waals surface area contributed by atoms with Gasteiger partial charge in [0.05, 0.1) is 11.8 Å². The fourth-order valence-corrected chi connectivity index (χ4v) is 4.08. The summed E-state index contributed by atoms with van der Waals surface area (Å²) in [6.07, 6.45) is 9.16. The Labute approximate surface area is 182 Å². The largest absolute Gasteiger partial charge is 0.457 e. The van der Waals surface area contributed by atoms with Gasteiger partial charge in [-0.15, -0.1) is 12.6 Å². The smallest absolute Gasteiger partial charge is 0.355 e. The molecule has 0 amide bonds. The molecule has 1 spiro atoms. The van der Waals surface area contributed by atoms with Gasteiger partial charge in [0.2, 0.25) is 0 Å². The lowest BCUT2D eigenvalue weighted by Crippen LogP contribution is -2.43. The normalized spacial score (nSPS) is 26.9. The topological polar surface area (TPSA) is 74.6 Å². The maximum atomic E-state index is 12.9. The third-order valence-electron chi connectivity index (χ3n) is 5.61. The van der Waals surface area contributed by atoms with Crippen LogP contribution in [0.5, 0.6) is 0 Å². The van der Waals surface area contributed by atoms with Crippen LogP contribution in [-0.4, -0.2) is 34.5 Å². The van der Waals surface area contributed by atoms with Gasteiger partial charge in [-0.1, -0.05) is 11.6 Å². The zero-order valence-electron chi connectivity index (χ0n) is 17.5. The number of allylic oxidation sites excluding steroid dienone is 4. The molecule has 1 aromatic rings. The highest BCUT2D eigenvalue weighted by Gasteiger charge is 2.55. The van der Waals surface area contributed by atoms with Gasteiger partial charge in [0.15, 0.2) is 5.78 Å². The van der Waals surface area contributed by atoms with E-state index in [4.69, 9.17) is 9.47 Å². The molecule has 0 saturated carbocycles. The molecule has 1 fully saturated rings. The van der Waals surface area contributed by atoms with E-state index in [-0.39, 0.29) is 18.6 Å². The number of ketones is 1. The third-order valence-corrected chi connectivity index (χ3v) is 5.79. The summed E-state index contributed by atoms with van der Waals surface area (Å²) in [5, 5.41) is 0. The molecule has 0 radical (unpaired) electrons. The Kier molecular flexibility index (Phi) is 6.71. The molecule has 30 heavy (non-hydrogen) atoms. The van der Waals surface area contributed by atoms with Crippen molar-refractivity contribution in [1.29, 1.82) is 0 Å². The van der Waals surface area contributed by atoms with Crippen molar-refractivity contribution in [3.63, 3.8) is 0 Å². The number of esters is 2. The lowest BCUT2D eigenvalue weighted by molar-refractivity contribution is -0.140. The molecule has 0 bridgehead atoms. The summed E-state index contributed by atoms with van der Waals surface area (Å²) >= 11 is 4.26. The molecule has 1 saturated heterocycles. The predicted octanol–water partition coefficient (Wildman–Crippen LogP) is 3.94. The van der Waals surface area contributed by atoms with E-state index in [9.17, 15) is 14.4 Å². The lowest BCUT2D eigenvalue weighted by Gasteiger charge is -2.34. The first kappa shape index (κ1) is 22.2. The molecule has 1 unspecified atom stereocenters. The number of carbonyl (C=O) groups excluding carboxylic acids is 3. The van der Waals surface area contributed by atoms with Gasteiger partial charge in [0, 0.05) is 19.7 Å². The Balaban J connectivity index is 1.77. The Morgan fingerprint density at radius 2 is 2.17 bits per heavy atom. The Morgan fingerprint density at radius 3 is 2.83 bits per heavy atom. The molecule has 0 aromatic carbocycles. The number of aryl methyl sites for hydroxylation is 1. The molecule has 0 N–H and O–H groups in total. The minimum absolute atomic E-state index is 0.0154. The van der Waals surface area contributed by atoms with Gasteiger partial charge < -0.3 is 14.0 Å². The summed E-state index contributed by atoms with van der Waals surface area (Å²) in [4.78, 5) is 38.5. The second kappa shape index (κ2) is 9.08. The highest BCUT2D eigenvalue weighted by Crippen LogP contribution is 2.45. The molecule has 3 atom stereocenters. The van der Waals surface area contributed by atoms with Crippen molar-refractivity contribution in [3.8, 4) is 0 Å². The van der Waals surface area contributed by atoms with Crippen molar-refractivity contribution in [2.24, 2.45) is 12.5 Å². The van der Waals surface area contributed by atoms with Crippen LogP contribution in [0, 0.1) is 5.41 Å². The van der Waals surface area contributed by atoms with Crippen molar-refractivity contribution in [3.05, 3.63) is 58.8 Å². The number of carbonyl (C=O) groups is 3. The van der Waals surface area contributed by atoms with Crippen LogP contribution in [0.1, 0.15) is 50.0 Å². The van der Waals surface area contributed by atoms with Crippen LogP contribution >= 0.6 is 12.6 Å². The average molecular weight is 430 g/mol. The Bertz CT molecular complexity index is 937. The van der Waals surface area contributed by atoms with E-state index >= 15 is 0 Å². The van der Waals surface area contributed by atoms with Crippen molar-refractivity contribution >= 4 is 30.4 Å². The number of hydrogen-bond donors (Lipinski definition) is 1. The van der Waals surface area contributed by atoms with Gasteiger partial charge in [0.25, 0.3) is 0 Å². The van der Waals surface area contributed by atoms with E-state index < -0.39 is 29.6 Å². The number of rotatable bonds is 6. The minimum Gasteiger partial charge on any atom is -0.457 e. The standard InChI is InChI=1S/C23H27NO5S/c1-15(6-4-7-16(2)30)12-20-23(14-21(26)29-20)13-17(9-10-19(23)25)28-22(27)18-8-5-11-24(18)3/h5,7-12,17,20,30H,4,6,13-14H2,1-3H3/b15-12+,16-7+/t17-,20-,23?/m1/s1. The molecule has 1 aromatic heterocycles. The molecule has 2 aliphatic rings. The molecule has 2 heterocycles. The van der Waals surface area contributed by atoms with Gasteiger partial charge in [0.1, 0.15) is 17.9 Å². The maximum absolute atomic E-state index is 12.9. The highest BCUT2D eigenvalue weighted by molar-refractivity contribution is 7.84. The van der Waals surface area contributed by atoms with Crippen LogP contribution in [-0.2, 0) is 26.1 Å². The maximum Gasteiger partial charge on any atom is 0.355 e. The zero-order chi connectivity index (χ0) is 21.9. The molecule has 1 aliphatic heterocycles. The summed E-state index contributed by atoms with van der Waals surface area (Å²) < 4.78 is 12.8. The summed E-state index contributed by atoms with van der Waals surface area (Å²) in [5.74, 6) is -1.05. The van der Waals surface area contributed by atoms with Crippen molar-refractivity contribution in [1.82, 2.24) is 4.57 Å². The highest BCUT2D eigenvalue weighted by atomic mass is 32.1. The van der Waals surface area contributed by atoms with Gasteiger partial charge in [-0.05, 0) is 62.0 Å². The first-order valence-corrected chi connectivity index (χ1v) is 10.4. The van der Waals surface area contributed by atoms with Gasteiger partial charge in [-0.2, -0.15) is 0 Å². The van der Waals surface area contributed by atoms with Crippen LogP contribution in [0.2, 0.25) is 0 Å². The molecular weight excluding hydrogens is 402 g/mol. The molecular formula is C23H27NO5S. The van der Waals surface area contributed by atoms with E-state index in [0.717, 1.165) is 23.3 Å². The zero-order valence-corrected chi connectivity index (χ0v) is 18.4. The second-order valence-corrected chi connectivity index (χ2v) is 8.72. The molecule has 3 rings (SSSR count). The fraction of sp³-hybridized carbons (Fsp3) is 0.435. The Morgan fingerprint density at radius 1 is 1.40 bits per heavy atom. The van der Waals surface area contributed by atoms with Crippen molar-refractivity contribution < 1.29 is 23.9 Å². The molecule has 160 valence electrons. The van der Waals surface area contributed by atoms with Crippen LogP contribution in [0.15, 0.2) is 53.1 Å². The summed E-state index contributed by atoms with van der Waals surface area (Å²) in [7, 11) is 1.76. The summed E-state index contributed by atoms with van der Waals surface area (Å²) in [6.45, 7) is 3.87. The van der Waals surface area contributed by atoms with Gasteiger partial charge >= 0.3 is 11.9 Å². The van der Waals surface area contributed by atoms with Crippen LogP contribution in [0.4, 0.5) is 0 Å². The SMILES string of the molecule is C/C(S)=C\CC/C(C)=C/[C@H]1OC(=O)CC12C[C@H](OC(=O)c1cccn1C)C=CC2=O. The van der Waals surface area contributed by atoms with E-state index in [1.54, 1.807) is 36.0 Å². The van der Waals surface area contributed by atoms with Crippen LogP contribution < -0.4 is 0 Å². The fourth-order valence-electron chi connectivity index (χ4n) is 3.95. The molecule has 6 nitrogen and oxygen atoms in total. The quantitative estimate of drug-likeness (QED) is 0.421. The number of ether oxygens (including phenoxy) is 2. The number of thiol groups is 1. The van der Waals surface area contributed by atoms with Crippen LogP contribution in [0.3, 0.4) is 0 Å². The number of hydrogen-bond acceptors (Lipinski definition) is 6. The molecule has 7 heteroatoms. The number of cyclic esters (lactones) is 1. The number of aromatic nitrogens is 1. The van der Waals surface area contributed by atoms with Crippen LogP contribution in [0.25, 0.3) is 0 Å². The lowest BCUT2D eigenvalue weighted by atomic mass is 9.69. The predicted molar refractivity (Wildman–Crippen MR) is 116 cm³/mol. The van der Waals surface area contributed by atoms with E-state index in [2.05, 4.69) is 12.6 Å². The first-order valence-electron chi connectivity index (χ1n) is 9.99. The summed E-state index contributed by atoms with van der Waals surface area (Å²) in [5.41, 5.74) is 0.411. The molecule has 1 aliphatic carbocycles. The van der Waals surface area contributed by atoms with E-state index in [1.807, 2.05) is 26.0 Å². The van der Waals surface area contributed by atoms with Gasteiger partial charge in [-0.3, -0.25) is 9.59 Å². The van der Waals surface area contributed by atoms with E-state index in [1.165, 1.54) is 6.08 Å². The second-order valence-electron chi connectivity index (χ2n) is 8.02. The third kappa shape index (κ3) is 4.78.